The summed E-state index contributed by atoms with van der Waals surface area (Å²) in [5, 5.41) is 4.23. The van der Waals surface area contributed by atoms with Crippen LogP contribution in [0.15, 0.2) is 104 Å². The Morgan fingerprint density at radius 1 is 0.846 bits per heavy atom. The van der Waals surface area contributed by atoms with Crippen molar-refractivity contribution in [2.24, 2.45) is 0 Å². The highest BCUT2D eigenvalue weighted by molar-refractivity contribution is 7.80. The molecule has 2 atom stereocenters. The van der Waals surface area contributed by atoms with E-state index >= 15 is 0 Å². The molecule has 0 amide bonds. The van der Waals surface area contributed by atoms with E-state index in [2.05, 4.69) is 63.9 Å². The first-order valence-corrected chi connectivity index (χ1v) is 13.4. The molecular formula is C32H29N5OS. The standard InChI is InChI=1S/C32H29N5OS/c1-21-9-4-5-12-29(21)38-26-15-13-24(14-16-26)37-31(30(35-32(37)39)28-11-6-7-18-34-28)27-19-22(2)36(23(27)3)25-10-8-17-33-20-25/h4-20,30-31H,1-3H3,(H,35,39)/t30-,31+/m0/s1. The number of thiocarbonyl (C=S) groups is 1. The van der Waals surface area contributed by atoms with E-state index in [1.165, 1.54) is 5.56 Å². The van der Waals surface area contributed by atoms with Crippen molar-refractivity contribution in [2.75, 3.05) is 4.90 Å². The first kappa shape index (κ1) is 24.8. The smallest absolute Gasteiger partial charge is 0.174 e. The Morgan fingerprint density at radius 3 is 2.36 bits per heavy atom. The predicted octanol–water partition coefficient (Wildman–Crippen LogP) is 7.16. The van der Waals surface area contributed by atoms with Crippen LogP contribution >= 0.6 is 12.2 Å². The maximum Gasteiger partial charge on any atom is 0.174 e. The molecule has 2 aromatic carbocycles. The molecule has 0 aliphatic carbocycles. The fourth-order valence-electron chi connectivity index (χ4n) is 5.39. The number of pyridine rings is 2. The number of aryl methyl sites for hydroxylation is 2. The van der Waals surface area contributed by atoms with Gasteiger partial charge in [-0.15, -0.1) is 0 Å². The van der Waals surface area contributed by atoms with E-state index in [4.69, 9.17) is 21.9 Å². The van der Waals surface area contributed by atoms with Crippen molar-refractivity contribution in [1.82, 2.24) is 19.9 Å². The maximum absolute atomic E-state index is 6.16. The number of aromatic nitrogens is 3. The lowest BCUT2D eigenvalue weighted by molar-refractivity contribution is 0.479. The van der Waals surface area contributed by atoms with Crippen molar-refractivity contribution >= 4 is 23.0 Å². The first-order chi connectivity index (χ1) is 19.0. The molecule has 1 fully saturated rings. The molecule has 6 rings (SSSR count). The Balaban J connectivity index is 1.41. The number of hydrogen-bond acceptors (Lipinski definition) is 4. The third kappa shape index (κ3) is 4.66. The molecule has 1 aliphatic heterocycles. The normalized spacial score (nSPS) is 16.8. The van der Waals surface area contributed by atoms with E-state index in [0.29, 0.717) is 5.11 Å². The van der Waals surface area contributed by atoms with Crippen LogP contribution in [0.3, 0.4) is 0 Å². The summed E-state index contributed by atoms with van der Waals surface area (Å²) >= 11 is 5.95. The summed E-state index contributed by atoms with van der Waals surface area (Å²) in [6.45, 7) is 6.33. The summed E-state index contributed by atoms with van der Waals surface area (Å²) in [6, 6.07) is 28.2. The molecule has 4 heterocycles. The Bertz CT molecular complexity index is 1620. The molecule has 0 bridgehead atoms. The van der Waals surface area contributed by atoms with Gasteiger partial charge in [0.2, 0.25) is 0 Å². The van der Waals surface area contributed by atoms with Crippen LogP contribution in [-0.2, 0) is 0 Å². The van der Waals surface area contributed by atoms with Crippen LogP contribution in [0.1, 0.15) is 40.3 Å². The predicted molar refractivity (Wildman–Crippen MR) is 159 cm³/mol. The van der Waals surface area contributed by atoms with Crippen LogP contribution in [-0.4, -0.2) is 19.6 Å². The molecule has 194 valence electrons. The molecule has 0 radical (unpaired) electrons. The molecule has 1 aliphatic rings. The second-order valence-corrected chi connectivity index (χ2v) is 10.1. The fourth-order valence-corrected chi connectivity index (χ4v) is 5.74. The lowest BCUT2D eigenvalue weighted by atomic mass is 9.96. The molecule has 0 saturated carbocycles. The monoisotopic (exact) mass is 531 g/mol. The summed E-state index contributed by atoms with van der Waals surface area (Å²) in [5.74, 6) is 1.62. The van der Waals surface area contributed by atoms with Crippen molar-refractivity contribution in [3.05, 3.63) is 132 Å². The minimum atomic E-state index is -0.121. The number of benzene rings is 2. The zero-order valence-electron chi connectivity index (χ0n) is 22.1. The molecular weight excluding hydrogens is 502 g/mol. The van der Waals surface area contributed by atoms with Gasteiger partial charge in [-0.2, -0.15) is 0 Å². The van der Waals surface area contributed by atoms with Crippen LogP contribution in [0.2, 0.25) is 0 Å². The summed E-state index contributed by atoms with van der Waals surface area (Å²) in [4.78, 5) is 11.2. The van der Waals surface area contributed by atoms with Gasteiger partial charge in [-0.25, -0.2) is 0 Å². The van der Waals surface area contributed by atoms with Crippen LogP contribution in [0.5, 0.6) is 11.5 Å². The number of nitrogens with zero attached hydrogens (tertiary/aromatic N) is 4. The quantitative estimate of drug-likeness (QED) is 0.235. The second kappa shape index (κ2) is 10.3. The van der Waals surface area contributed by atoms with Gasteiger partial charge >= 0.3 is 0 Å². The van der Waals surface area contributed by atoms with Gasteiger partial charge in [-0.3, -0.25) is 9.97 Å². The van der Waals surface area contributed by atoms with Gasteiger partial charge in [0, 0.05) is 29.5 Å². The van der Waals surface area contributed by atoms with Crippen LogP contribution in [0.4, 0.5) is 5.69 Å². The summed E-state index contributed by atoms with van der Waals surface area (Å²) in [5.41, 5.74) is 7.51. The van der Waals surface area contributed by atoms with E-state index in [1.807, 2.05) is 73.9 Å². The van der Waals surface area contributed by atoms with Gasteiger partial charge in [-0.05, 0) is 105 Å². The molecule has 5 aromatic rings. The number of ether oxygens (including phenoxy) is 1. The number of rotatable bonds is 6. The Kier molecular flexibility index (Phi) is 6.59. The second-order valence-electron chi connectivity index (χ2n) is 9.73. The van der Waals surface area contributed by atoms with E-state index in [9.17, 15) is 0 Å². The number of anilines is 1. The van der Waals surface area contributed by atoms with E-state index in [1.54, 1.807) is 6.20 Å². The lowest BCUT2D eigenvalue weighted by Crippen LogP contribution is -2.29. The summed E-state index contributed by atoms with van der Waals surface area (Å²) < 4.78 is 8.40. The highest BCUT2D eigenvalue weighted by Gasteiger charge is 2.42. The van der Waals surface area contributed by atoms with E-state index in [0.717, 1.165) is 45.5 Å². The van der Waals surface area contributed by atoms with E-state index in [-0.39, 0.29) is 12.1 Å². The average Bonchev–Trinajstić information content (AvgIpc) is 3.46. The maximum atomic E-state index is 6.16. The highest BCUT2D eigenvalue weighted by atomic mass is 32.1. The molecule has 6 nitrogen and oxygen atoms in total. The number of para-hydroxylation sites is 1. The van der Waals surface area contributed by atoms with Crippen molar-refractivity contribution in [3.63, 3.8) is 0 Å². The SMILES string of the molecule is Cc1ccccc1Oc1ccc(N2C(=S)N[C@@H](c3ccccn3)[C@H]2c2cc(C)n(-c3cccnc3)c2C)cc1. The van der Waals surface area contributed by atoms with Gasteiger partial charge in [0.25, 0.3) is 0 Å². The minimum Gasteiger partial charge on any atom is -0.457 e. The summed E-state index contributed by atoms with van der Waals surface area (Å²) in [7, 11) is 0. The fraction of sp³-hybridized carbons (Fsp3) is 0.156. The average molecular weight is 532 g/mol. The molecule has 7 heteroatoms. The van der Waals surface area contributed by atoms with Gasteiger partial charge in [0.15, 0.2) is 5.11 Å². The summed E-state index contributed by atoms with van der Waals surface area (Å²) in [6.07, 6.45) is 5.52. The largest absolute Gasteiger partial charge is 0.457 e. The molecule has 3 aromatic heterocycles. The molecule has 1 N–H and O–H groups in total. The van der Waals surface area contributed by atoms with Gasteiger partial charge in [0.1, 0.15) is 11.5 Å². The van der Waals surface area contributed by atoms with Crippen LogP contribution in [0, 0.1) is 20.8 Å². The Morgan fingerprint density at radius 2 is 1.64 bits per heavy atom. The van der Waals surface area contributed by atoms with Crippen LogP contribution in [0.25, 0.3) is 5.69 Å². The van der Waals surface area contributed by atoms with Crippen molar-refractivity contribution < 1.29 is 4.74 Å². The molecule has 0 spiro atoms. The Hall–Kier alpha value is -4.49. The lowest BCUT2D eigenvalue weighted by Gasteiger charge is -2.28. The molecule has 39 heavy (non-hydrogen) atoms. The van der Waals surface area contributed by atoms with Crippen LogP contribution < -0.4 is 15.0 Å². The van der Waals surface area contributed by atoms with Gasteiger partial charge < -0.3 is 19.5 Å². The minimum absolute atomic E-state index is 0.104. The van der Waals surface area contributed by atoms with Gasteiger partial charge in [-0.1, -0.05) is 24.3 Å². The number of nitrogens with one attached hydrogen (secondary N) is 1. The zero-order valence-corrected chi connectivity index (χ0v) is 22.9. The highest BCUT2D eigenvalue weighted by Crippen LogP contribution is 2.44. The van der Waals surface area contributed by atoms with Crippen molar-refractivity contribution in [1.29, 1.82) is 0 Å². The van der Waals surface area contributed by atoms with E-state index < -0.39 is 0 Å². The third-order valence-corrected chi connectivity index (χ3v) is 7.54. The molecule has 0 unspecified atom stereocenters. The van der Waals surface area contributed by atoms with Gasteiger partial charge in [0.05, 0.1) is 29.7 Å². The first-order valence-electron chi connectivity index (χ1n) is 12.9. The van der Waals surface area contributed by atoms with Crippen molar-refractivity contribution in [2.45, 2.75) is 32.9 Å². The number of hydrogen-bond donors (Lipinski definition) is 1. The molecule has 1 saturated heterocycles. The zero-order chi connectivity index (χ0) is 26.9. The van der Waals surface area contributed by atoms with Crippen molar-refractivity contribution in [3.8, 4) is 17.2 Å². The third-order valence-electron chi connectivity index (χ3n) is 7.23. The Labute approximate surface area is 233 Å². The topological polar surface area (TPSA) is 55.2 Å².